The third-order valence-electron chi connectivity index (χ3n) is 6.71. The van der Waals surface area contributed by atoms with Gasteiger partial charge in [-0.05, 0) is 41.7 Å². The van der Waals surface area contributed by atoms with Crippen molar-refractivity contribution in [1.82, 2.24) is 10.2 Å². The van der Waals surface area contributed by atoms with Gasteiger partial charge in [0.2, 0.25) is 0 Å². The minimum atomic E-state index is -0.832. The summed E-state index contributed by atoms with van der Waals surface area (Å²) < 4.78 is 26.9. The zero-order chi connectivity index (χ0) is 23.3. The first-order chi connectivity index (χ1) is 16.0. The predicted molar refractivity (Wildman–Crippen MR) is 131 cm³/mol. The number of allylic oxidation sites excluding steroid dienone is 2. The number of rotatable bonds is 8. The average Bonchev–Trinajstić information content (AvgIpc) is 2.85. The van der Waals surface area contributed by atoms with Crippen molar-refractivity contribution in [2.45, 2.75) is 31.2 Å². The summed E-state index contributed by atoms with van der Waals surface area (Å²) in [6.45, 7) is 10.9. The topological polar surface area (TPSA) is 15.3 Å². The maximum absolute atomic E-state index is 13.6. The molecule has 0 spiro atoms. The van der Waals surface area contributed by atoms with Crippen LogP contribution >= 0.6 is 0 Å². The summed E-state index contributed by atoms with van der Waals surface area (Å²) in [6, 6.07) is 24.8. The van der Waals surface area contributed by atoms with Crippen molar-refractivity contribution in [3.05, 3.63) is 132 Å². The highest BCUT2D eigenvalue weighted by atomic mass is 19.2. The maximum Gasteiger partial charge on any atom is 0.159 e. The zero-order valence-electron chi connectivity index (χ0n) is 18.9. The smallest absolute Gasteiger partial charge is 0.159 e. The van der Waals surface area contributed by atoms with Crippen molar-refractivity contribution >= 4 is 0 Å². The van der Waals surface area contributed by atoms with Gasteiger partial charge in [0.25, 0.3) is 0 Å². The van der Waals surface area contributed by atoms with E-state index in [1.54, 1.807) is 6.07 Å². The second-order valence-electron chi connectivity index (χ2n) is 8.74. The first kappa shape index (κ1) is 22.8. The molecule has 1 aliphatic rings. The van der Waals surface area contributed by atoms with Crippen molar-refractivity contribution in [2.24, 2.45) is 0 Å². The van der Waals surface area contributed by atoms with Crippen LogP contribution in [0, 0.1) is 11.6 Å². The van der Waals surface area contributed by atoms with Crippen molar-refractivity contribution in [3.8, 4) is 0 Å². The van der Waals surface area contributed by atoms with Crippen LogP contribution in [0.3, 0.4) is 0 Å². The normalized spacial score (nSPS) is 15.2. The second kappa shape index (κ2) is 10.0. The third kappa shape index (κ3) is 5.16. The van der Waals surface area contributed by atoms with Gasteiger partial charge < -0.3 is 10.2 Å². The van der Waals surface area contributed by atoms with Gasteiger partial charge in [-0.2, -0.15) is 0 Å². The van der Waals surface area contributed by atoms with Gasteiger partial charge in [0.1, 0.15) is 0 Å². The van der Waals surface area contributed by atoms with E-state index in [9.17, 15) is 8.78 Å². The molecule has 1 N–H and O–H groups in total. The van der Waals surface area contributed by atoms with Crippen LogP contribution in [0.2, 0.25) is 0 Å². The summed E-state index contributed by atoms with van der Waals surface area (Å²) in [5, 5.41) is 3.41. The van der Waals surface area contributed by atoms with E-state index in [2.05, 4.69) is 71.9 Å². The number of nitrogens with zero attached hydrogens (tertiary/aromatic N) is 1. The van der Waals surface area contributed by atoms with Gasteiger partial charge in [-0.25, -0.2) is 8.78 Å². The lowest BCUT2D eigenvalue weighted by atomic mass is 9.70. The van der Waals surface area contributed by atoms with Gasteiger partial charge in [0, 0.05) is 42.9 Å². The van der Waals surface area contributed by atoms with Gasteiger partial charge in [0.15, 0.2) is 11.6 Å². The summed E-state index contributed by atoms with van der Waals surface area (Å²) >= 11 is 0. The number of piperidine rings is 1. The van der Waals surface area contributed by atoms with Crippen LogP contribution in [0.1, 0.15) is 29.5 Å². The third-order valence-corrected chi connectivity index (χ3v) is 6.71. The molecule has 3 aromatic carbocycles. The van der Waals surface area contributed by atoms with Crippen LogP contribution in [0.4, 0.5) is 8.78 Å². The molecule has 0 radical (unpaired) electrons. The Hall–Kier alpha value is -3.40. The van der Waals surface area contributed by atoms with Gasteiger partial charge in [-0.1, -0.05) is 79.9 Å². The van der Waals surface area contributed by atoms with E-state index in [0.29, 0.717) is 12.1 Å². The summed E-state index contributed by atoms with van der Waals surface area (Å²) in [5.74, 6) is -1.66. The van der Waals surface area contributed by atoms with Crippen LogP contribution in [0.5, 0.6) is 0 Å². The number of halogens is 2. The zero-order valence-corrected chi connectivity index (χ0v) is 18.9. The Morgan fingerprint density at radius 1 is 0.818 bits per heavy atom. The highest BCUT2D eigenvalue weighted by molar-refractivity contribution is 5.36. The largest absolute Gasteiger partial charge is 0.384 e. The second-order valence-corrected chi connectivity index (χ2v) is 8.74. The first-order valence-corrected chi connectivity index (χ1v) is 11.4. The Balaban J connectivity index is 1.47. The van der Waals surface area contributed by atoms with Crippen LogP contribution in [-0.4, -0.2) is 18.0 Å². The maximum atomic E-state index is 13.6. The number of hydrogen-bond donors (Lipinski definition) is 1. The molecular weight excluding hydrogens is 414 g/mol. The fraction of sp³-hybridized carbons (Fsp3) is 0.241. The van der Waals surface area contributed by atoms with E-state index >= 15 is 0 Å². The molecule has 0 aromatic heterocycles. The predicted octanol–water partition coefficient (Wildman–Crippen LogP) is 6.36. The molecule has 0 bridgehead atoms. The molecule has 0 aliphatic carbocycles. The van der Waals surface area contributed by atoms with E-state index < -0.39 is 11.6 Å². The SMILES string of the molecule is C=C(Cc1ccccc1)N1CCC(C(=C)NCc2ccc(F)c(F)c2)(c2ccccc2)CC1. The van der Waals surface area contributed by atoms with E-state index in [4.69, 9.17) is 0 Å². The van der Waals surface area contributed by atoms with E-state index in [0.717, 1.165) is 43.7 Å². The molecule has 0 saturated carbocycles. The number of nitrogens with one attached hydrogen (secondary N) is 1. The van der Waals surface area contributed by atoms with E-state index in [-0.39, 0.29) is 5.41 Å². The Morgan fingerprint density at radius 2 is 1.45 bits per heavy atom. The first-order valence-electron chi connectivity index (χ1n) is 11.4. The Morgan fingerprint density at radius 3 is 2.09 bits per heavy atom. The molecule has 1 fully saturated rings. The molecule has 1 heterocycles. The summed E-state index contributed by atoms with van der Waals surface area (Å²) in [4.78, 5) is 2.37. The lowest BCUT2D eigenvalue weighted by Gasteiger charge is -2.45. The molecule has 33 heavy (non-hydrogen) atoms. The fourth-order valence-electron chi connectivity index (χ4n) is 4.70. The highest BCUT2D eigenvalue weighted by Crippen LogP contribution is 2.41. The summed E-state index contributed by atoms with van der Waals surface area (Å²) in [5.41, 5.74) is 4.98. The molecule has 2 nitrogen and oxygen atoms in total. The molecule has 0 amide bonds. The molecule has 0 unspecified atom stereocenters. The molecule has 1 saturated heterocycles. The number of likely N-dealkylation sites (tertiary alicyclic amines) is 1. The molecular formula is C29H30F2N2. The van der Waals surface area contributed by atoms with Gasteiger partial charge in [-0.3, -0.25) is 0 Å². The van der Waals surface area contributed by atoms with Gasteiger partial charge in [0.05, 0.1) is 0 Å². The van der Waals surface area contributed by atoms with Crippen molar-refractivity contribution < 1.29 is 8.78 Å². The molecule has 170 valence electrons. The molecule has 1 aliphatic heterocycles. The average molecular weight is 445 g/mol. The summed E-state index contributed by atoms with van der Waals surface area (Å²) in [6.07, 6.45) is 2.64. The number of benzene rings is 3. The Labute approximate surface area is 195 Å². The minimum absolute atomic E-state index is 0.233. The van der Waals surface area contributed by atoms with Crippen molar-refractivity contribution in [1.29, 1.82) is 0 Å². The van der Waals surface area contributed by atoms with Crippen LogP contribution in [0.25, 0.3) is 0 Å². The van der Waals surface area contributed by atoms with Crippen LogP contribution in [-0.2, 0) is 18.4 Å². The van der Waals surface area contributed by atoms with Crippen molar-refractivity contribution in [3.63, 3.8) is 0 Å². The van der Waals surface area contributed by atoms with Gasteiger partial charge in [-0.15, -0.1) is 0 Å². The molecule has 4 rings (SSSR count). The highest BCUT2D eigenvalue weighted by Gasteiger charge is 2.39. The summed E-state index contributed by atoms with van der Waals surface area (Å²) in [7, 11) is 0. The quantitative estimate of drug-likeness (QED) is 0.435. The minimum Gasteiger partial charge on any atom is -0.384 e. The van der Waals surface area contributed by atoms with Crippen LogP contribution in [0.15, 0.2) is 103 Å². The van der Waals surface area contributed by atoms with E-state index in [1.165, 1.54) is 23.3 Å². The monoisotopic (exact) mass is 444 g/mol. The van der Waals surface area contributed by atoms with Gasteiger partial charge >= 0.3 is 0 Å². The standard InChI is InChI=1S/C29H30F2N2/c1-22(19-24-9-5-3-6-10-24)33-17-15-29(16-18-33,26-11-7-4-8-12-26)23(2)32-21-25-13-14-27(30)28(31)20-25/h3-14,20,32H,1-2,15-19,21H2. The molecule has 3 aromatic rings. The van der Waals surface area contributed by atoms with Crippen LogP contribution < -0.4 is 5.32 Å². The lowest BCUT2D eigenvalue weighted by molar-refractivity contribution is 0.209. The molecule has 0 atom stereocenters. The Bertz CT molecular complexity index is 1100. The molecule has 4 heteroatoms. The van der Waals surface area contributed by atoms with Crippen molar-refractivity contribution in [2.75, 3.05) is 13.1 Å². The fourth-order valence-corrected chi connectivity index (χ4v) is 4.70. The van der Waals surface area contributed by atoms with E-state index in [1.807, 2.05) is 12.1 Å². The number of hydrogen-bond acceptors (Lipinski definition) is 2. The lowest BCUT2D eigenvalue weighted by Crippen LogP contribution is -2.46. The Kier molecular flexibility index (Phi) is 6.93.